The summed E-state index contributed by atoms with van der Waals surface area (Å²) in [5.74, 6) is 0.524. The lowest BCUT2D eigenvalue weighted by Crippen LogP contribution is -2.43. The summed E-state index contributed by atoms with van der Waals surface area (Å²) >= 11 is 0. The van der Waals surface area contributed by atoms with Crippen molar-refractivity contribution < 1.29 is 23.8 Å². The molecule has 6 nitrogen and oxygen atoms in total. The van der Waals surface area contributed by atoms with Gasteiger partial charge in [-0.2, -0.15) is 0 Å². The zero-order valence-corrected chi connectivity index (χ0v) is 14.1. The number of methoxy groups -OCH3 is 1. The van der Waals surface area contributed by atoms with Crippen LogP contribution in [0.15, 0.2) is 18.2 Å². The maximum atomic E-state index is 13.1. The zero-order chi connectivity index (χ0) is 17.1. The van der Waals surface area contributed by atoms with Gasteiger partial charge in [0.05, 0.1) is 13.0 Å². The number of nitrogens with zero attached hydrogens (tertiary/aromatic N) is 1. The van der Waals surface area contributed by atoms with E-state index in [0.29, 0.717) is 23.6 Å². The molecule has 3 rings (SSSR count). The molecule has 1 aliphatic heterocycles. The molecule has 1 unspecified atom stereocenters. The Labute approximate surface area is 141 Å². The molecule has 1 saturated carbocycles. The highest BCUT2D eigenvalue weighted by Gasteiger charge is 2.31. The van der Waals surface area contributed by atoms with Crippen LogP contribution in [0.25, 0.3) is 0 Å². The van der Waals surface area contributed by atoms with Gasteiger partial charge in [0.2, 0.25) is 6.79 Å². The summed E-state index contributed by atoms with van der Waals surface area (Å²) in [6.07, 6.45) is 4.18. The SMILES string of the molecule is COC(=O)C(C)CN(C(=O)c1ccc2c(c1)OCO2)C1CCCC1. The summed E-state index contributed by atoms with van der Waals surface area (Å²) in [5, 5.41) is 0. The fourth-order valence-corrected chi connectivity index (χ4v) is 3.38. The van der Waals surface area contributed by atoms with E-state index in [9.17, 15) is 9.59 Å². The smallest absolute Gasteiger partial charge is 0.310 e. The molecule has 1 heterocycles. The van der Waals surface area contributed by atoms with E-state index in [1.165, 1.54) is 7.11 Å². The number of hydrogen-bond donors (Lipinski definition) is 0. The Morgan fingerprint density at radius 2 is 1.96 bits per heavy atom. The van der Waals surface area contributed by atoms with Crippen molar-refractivity contribution >= 4 is 11.9 Å². The van der Waals surface area contributed by atoms with Gasteiger partial charge in [-0.3, -0.25) is 9.59 Å². The Hall–Kier alpha value is -2.24. The lowest BCUT2D eigenvalue weighted by Gasteiger charge is -2.31. The van der Waals surface area contributed by atoms with Crippen molar-refractivity contribution in [2.45, 2.75) is 38.6 Å². The van der Waals surface area contributed by atoms with Crippen LogP contribution < -0.4 is 9.47 Å². The van der Waals surface area contributed by atoms with Crippen LogP contribution in [0.3, 0.4) is 0 Å². The van der Waals surface area contributed by atoms with Gasteiger partial charge in [-0.15, -0.1) is 0 Å². The van der Waals surface area contributed by atoms with E-state index in [-0.39, 0.29) is 30.6 Å². The second kappa shape index (κ2) is 7.11. The molecule has 1 fully saturated rings. The number of amides is 1. The lowest BCUT2D eigenvalue weighted by atomic mass is 10.1. The molecule has 0 bridgehead atoms. The molecule has 0 saturated heterocycles. The van der Waals surface area contributed by atoms with Crippen molar-refractivity contribution in [1.29, 1.82) is 0 Å². The maximum Gasteiger partial charge on any atom is 0.310 e. The topological polar surface area (TPSA) is 65.1 Å². The lowest BCUT2D eigenvalue weighted by molar-refractivity contribution is -0.145. The van der Waals surface area contributed by atoms with Gasteiger partial charge in [0.25, 0.3) is 5.91 Å². The average molecular weight is 333 g/mol. The number of esters is 1. The van der Waals surface area contributed by atoms with Crippen LogP contribution in [0, 0.1) is 5.92 Å². The number of benzene rings is 1. The van der Waals surface area contributed by atoms with Crippen molar-refractivity contribution in [2.24, 2.45) is 5.92 Å². The average Bonchev–Trinajstić information content (AvgIpc) is 3.28. The second-order valence-corrected chi connectivity index (χ2v) is 6.39. The quantitative estimate of drug-likeness (QED) is 0.775. The summed E-state index contributed by atoms with van der Waals surface area (Å²) in [6, 6.07) is 5.40. The fourth-order valence-electron chi connectivity index (χ4n) is 3.38. The van der Waals surface area contributed by atoms with Crippen LogP contribution in [0.4, 0.5) is 0 Å². The van der Waals surface area contributed by atoms with Gasteiger partial charge < -0.3 is 19.1 Å². The third-order valence-corrected chi connectivity index (χ3v) is 4.72. The summed E-state index contributed by atoms with van der Waals surface area (Å²) in [4.78, 5) is 26.7. The van der Waals surface area contributed by atoms with Gasteiger partial charge in [-0.05, 0) is 31.0 Å². The minimum atomic E-state index is -0.353. The first-order valence-electron chi connectivity index (χ1n) is 8.38. The highest BCUT2D eigenvalue weighted by atomic mass is 16.7. The molecule has 6 heteroatoms. The number of hydrogen-bond acceptors (Lipinski definition) is 5. The molecule has 0 N–H and O–H groups in total. The molecule has 1 aromatic rings. The molecule has 1 atom stereocenters. The third kappa shape index (κ3) is 3.32. The Kier molecular flexibility index (Phi) is 4.92. The van der Waals surface area contributed by atoms with Gasteiger partial charge >= 0.3 is 5.97 Å². The van der Waals surface area contributed by atoms with E-state index in [2.05, 4.69) is 0 Å². The van der Waals surface area contributed by atoms with Crippen molar-refractivity contribution in [1.82, 2.24) is 4.90 Å². The highest BCUT2D eigenvalue weighted by molar-refractivity contribution is 5.95. The molecule has 24 heavy (non-hydrogen) atoms. The molecule has 0 spiro atoms. The van der Waals surface area contributed by atoms with E-state index in [4.69, 9.17) is 14.2 Å². The number of carbonyl (C=O) groups is 2. The van der Waals surface area contributed by atoms with Crippen LogP contribution in [-0.4, -0.2) is 43.3 Å². The molecule has 0 aromatic heterocycles. The van der Waals surface area contributed by atoms with E-state index >= 15 is 0 Å². The Morgan fingerprint density at radius 3 is 2.67 bits per heavy atom. The number of rotatable bonds is 5. The molecule has 1 aromatic carbocycles. The number of fused-ring (bicyclic) bond motifs is 1. The first-order chi connectivity index (χ1) is 11.6. The van der Waals surface area contributed by atoms with Crippen molar-refractivity contribution in [2.75, 3.05) is 20.4 Å². The zero-order valence-electron chi connectivity index (χ0n) is 14.1. The number of ether oxygens (including phenoxy) is 3. The maximum absolute atomic E-state index is 13.1. The van der Waals surface area contributed by atoms with Crippen LogP contribution >= 0.6 is 0 Å². The standard InChI is InChI=1S/C18H23NO5/c1-12(18(21)22-2)10-19(14-5-3-4-6-14)17(20)13-7-8-15-16(9-13)24-11-23-15/h7-9,12,14H,3-6,10-11H2,1-2H3. The van der Waals surface area contributed by atoms with Gasteiger partial charge in [0.15, 0.2) is 11.5 Å². The molecular weight excluding hydrogens is 310 g/mol. The van der Waals surface area contributed by atoms with Crippen molar-refractivity contribution in [3.05, 3.63) is 23.8 Å². The monoisotopic (exact) mass is 333 g/mol. The molecule has 1 amide bonds. The van der Waals surface area contributed by atoms with Crippen LogP contribution in [-0.2, 0) is 9.53 Å². The Morgan fingerprint density at radius 1 is 1.25 bits per heavy atom. The van der Waals surface area contributed by atoms with Gasteiger partial charge in [-0.1, -0.05) is 19.8 Å². The first kappa shape index (κ1) is 16.6. The molecule has 1 aliphatic carbocycles. The normalized spacial score (nSPS) is 17.6. The summed E-state index contributed by atoms with van der Waals surface area (Å²) in [5.41, 5.74) is 0.559. The molecular formula is C18H23NO5. The van der Waals surface area contributed by atoms with Crippen molar-refractivity contribution in [3.8, 4) is 11.5 Å². The van der Waals surface area contributed by atoms with Crippen LogP contribution in [0.1, 0.15) is 43.0 Å². The number of carbonyl (C=O) groups excluding carboxylic acids is 2. The van der Waals surface area contributed by atoms with Crippen LogP contribution in [0.5, 0.6) is 11.5 Å². The minimum Gasteiger partial charge on any atom is -0.469 e. The van der Waals surface area contributed by atoms with E-state index in [1.54, 1.807) is 25.1 Å². The minimum absolute atomic E-state index is 0.0732. The predicted molar refractivity (Wildman–Crippen MR) is 87.0 cm³/mol. The van der Waals surface area contributed by atoms with E-state index in [0.717, 1.165) is 25.7 Å². The summed E-state index contributed by atoms with van der Waals surface area (Å²) in [7, 11) is 1.37. The summed E-state index contributed by atoms with van der Waals surface area (Å²) in [6.45, 7) is 2.34. The third-order valence-electron chi connectivity index (χ3n) is 4.72. The first-order valence-corrected chi connectivity index (χ1v) is 8.38. The molecule has 130 valence electrons. The van der Waals surface area contributed by atoms with Gasteiger partial charge in [0.1, 0.15) is 0 Å². The van der Waals surface area contributed by atoms with Crippen LogP contribution in [0.2, 0.25) is 0 Å². The molecule has 0 radical (unpaired) electrons. The predicted octanol–water partition coefficient (Wildman–Crippen LogP) is 2.61. The largest absolute Gasteiger partial charge is 0.469 e. The second-order valence-electron chi connectivity index (χ2n) is 6.39. The Balaban J connectivity index is 1.81. The van der Waals surface area contributed by atoms with Gasteiger partial charge in [0, 0.05) is 18.2 Å². The summed E-state index contributed by atoms with van der Waals surface area (Å²) < 4.78 is 15.5. The van der Waals surface area contributed by atoms with Crippen molar-refractivity contribution in [3.63, 3.8) is 0 Å². The fraction of sp³-hybridized carbons (Fsp3) is 0.556. The molecule has 2 aliphatic rings. The van der Waals surface area contributed by atoms with E-state index < -0.39 is 0 Å². The highest BCUT2D eigenvalue weighted by Crippen LogP contribution is 2.34. The van der Waals surface area contributed by atoms with Gasteiger partial charge in [-0.25, -0.2) is 0 Å². The Bertz CT molecular complexity index is 624. The van der Waals surface area contributed by atoms with E-state index in [1.807, 2.05) is 4.90 Å².